The lowest BCUT2D eigenvalue weighted by atomic mass is 9.75. The van der Waals surface area contributed by atoms with Gasteiger partial charge in [0.25, 0.3) is 0 Å². The molecule has 0 radical (unpaired) electrons. The summed E-state index contributed by atoms with van der Waals surface area (Å²) in [6.07, 6.45) is 7.55. The molecule has 6 heteroatoms. The lowest BCUT2D eigenvalue weighted by Gasteiger charge is -2.46. The van der Waals surface area contributed by atoms with E-state index in [4.69, 9.17) is 4.74 Å². The number of esters is 1. The number of fused-ring (bicyclic) bond motifs is 3. The third-order valence-corrected chi connectivity index (χ3v) is 8.52. The van der Waals surface area contributed by atoms with E-state index in [9.17, 15) is 4.79 Å². The molecule has 3 saturated heterocycles. The average molecular weight is 458 g/mol. The second-order valence-electron chi connectivity index (χ2n) is 9.27. The Hall–Kier alpha value is -1.37. The Morgan fingerprint density at radius 2 is 1.79 bits per heavy atom. The van der Waals surface area contributed by atoms with Crippen LogP contribution in [0.4, 0.5) is 5.69 Å². The number of piperidine rings is 1. The van der Waals surface area contributed by atoms with Gasteiger partial charge in [-0.05, 0) is 55.6 Å². The Morgan fingerprint density at radius 1 is 1.00 bits per heavy atom. The Balaban J connectivity index is 1.22. The molecule has 29 heavy (non-hydrogen) atoms. The number of hydrogen-bond donors (Lipinski definition) is 0. The van der Waals surface area contributed by atoms with Gasteiger partial charge in [0, 0.05) is 60.9 Å². The number of rotatable bonds is 2. The largest absolute Gasteiger partial charge is 0.450 e. The Morgan fingerprint density at radius 3 is 2.59 bits per heavy atom. The number of ether oxygens (including phenoxy) is 1. The van der Waals surface area contributed by atoms with Gasteiger partial charge in [0.2, 0.25) is 0 Å². The molecule has 0 N–H and O–H groups in total. The fourth-order valence-corrected chi connectivity index (χ4v) is 6.96. The van der Waals surface area contributed by atoms with Crippen LogP contribution in [-0.4, -0.2) is 72.2 Å². The Bertz CT molecular complexity index is 848. The molecule has 1 unspecified atom stereocenters. The minimum atomic E-state index is -0.294. The summed E-state index contributed by atoms with van der Waals surface area (Å²) in [5.74, 6) is -0.105. The molecule has 1 saturated carbocycles. The van der Waals surface area contributed by atoms with Crippen LogP contribution in [0.5, 0.6) is 0 Å². The molecule has 154 valence electrons. The lowest BCUT2D eigenvalue weighted by molar-refractivity contribution is -0.148. The van der Waals surface area contributed by atoms with E-state index >= 15 is 0 Å². The highest BCUT2D eigenvalue weighted by Gasteiger charge is 2.64. The molecule has 1 aromatic rings. The van der Waals surface area contributed by atoms with E-state index in [2.05, 4.69) is 54.9 Å². The number of carbonyl (C=O) groups excluding carboxylic acids is 1. The van der Waals surface area contributed by atoms with Crippen molar-refractivity contribution >= 4 is 27.6 Å². The molecule has 6 rings (SSSR count). The molecular formula is C23H28BrN3O2. The molecule has 2 bridgehead atoms. The maximum absolute atomic E-state index is 12.2. The van der Waals surface area contributed by atoms with Gasteiger partial charge in [-0.1, -0.05) is 22.4 Å². The fraction of sp³-hybridized carbons (Fsp3) is 0.609. The first-order valence-electron chi connectivity index (χ1n) is 11.1. The van der Waals surface area contributed by atoms with Crippen molar-refractivity contribution in [1.82, 2.24) is 9.80 Å². The number of benzene rings is 1. The summed E-state index contributed by atoms with van der Waals surface area (Å²) in [4.78, 5) is 20.1. The summed E-state index contributed by atoms with van der Waals surface area (Å²) < 4.78 is 7.16. The summed E-state index contributed by atoms with van der Waals surface area (Å²) >= 11 is 3.53. The molecule has 1 aromatic carbocycles. The summed E-state index contributed by atoms with van der Waals surface area (Å²) in [6.45, 7) is 5.47. The first-order chi connectivity index (χ1) is 14.1. The molecule has 5 aliphatic rings. The van der Waals surface area contributed by atoms with E-state index in [1.54, 1.807) is 0 Å². The zero-order valence-corrected chi connectivity index (χ0v) is 18.3. The van der Waals surface area contributed by atoms with Crippen LogP contribution in [-0.2, 0) is 9.53 Å². The zero-order valence-electron chi connectivity index (χ0n) is 16.7. The smallest absolute Gasteiger partial charge is 0.331 e. The highest BCUT2D eigenvalue weighted by molar-refractivity contribution is 9.10. The van der Waals surface area contributed by atoms with Gasteiger partial charge < -0.3 is 9.64 Å². The fourth-order valence-electron chi connectivity index (χ4n) is 6.70. The van der Waals surface area contributed by atoms with E-state index in [-0.39, 0.29) is 11.6 Å². The van der Waals surface area contributed by atoms with E-state index in [0.29, 0.717) is 18.1 Å². The van der Waals surface area contributed by atoms with Crippen LogP contribution < -0.4 is 4.90 Å². The molecule has 1 aliphatic carbocycles. The summed E-state index contributed by atoms with van der Waals surface area (Å²) in [7, 11) is 0. The van der Waals surface area contributed by atoms with Gasteiger partial charge in [0.1, 0.15) is 0 Å². The van der Waals surface area contributed by atoms with Gasteiger partial charge in [-0.2, -0.15) is 0 Å². The van der Waals surface area contributed by atoms with Crippen molar-refractivity contribution in [2.75, 3.05) is 37.6 Å². The SMILES string of the molecule is O=C1C=C2CC(N3CCN(c4ccc(Br)cc4)CC3)[C@@H]3C[C@@]2(O1)[C@H]1CCCCN31. The standard InChI is InChI=1S/C23H28BrN3O2/c24-17-4-6-18(7-5-17)25-9-11-26(12-10-25)19-13-16-14-22(28)29-23(16)15-20(19)27-8-2-1-3-21(23)27/h4-7,14,19-21H,1-3,8-13,15H2/t19?,20-,21+,23-/m0/s1. The average Bonchev–Trinajstić information content (AvgIpc) is 3.23. The minimum absolute atomic E-state index is 0.105. The Labute approximate surface area is 180 Å². The van der Waals surface area contributed by atoms with Crippen LogP contribution in [0, 0.1) is 0 Å². The predicted octanol–water partition coefficient (Wildman–Crippen LogP) is 3.19. The van der Waals surface area contributed by atoms with E-state index in [1.165, 1.54) is 30.5 Å². The van der Waals surface area contributed by atoms with Gasteiger partial charge in [0.05, 0.1) is 6.04 Å². The van der Waals surface area contributed by atoms with Crippen molar-refractivity contribution in [3.63, 3.8) is 0 Å². The van der Waals surface area contributed by atoms with Crippen molar-refractivity contribution in [3.05, 3.63) is 40.4 Å². The summed E-state index contributed by atoms with van der Waals surface area (Å²) in [6, 6.07) is 10.1. The second kappa shape index (κ2) is 6.82. The van der Waals surface area contributed by atoms with Crippen molar-refractivity contribution < 1.29 is 9.53 Å². The van der Waals surface area contributed by atoms with Crippen molar-refractivity contribution in [1.29, 1.82) is 0 Å². The van der Waals surface area contributed by atoms with Crippen LogP contribution in [0.3, 0.4) is 0 Å². The molecular weight excluding hydrogens is 430 g/mol. The number of halogens is 1. The van der Waals surface area contributed by atoms with Crippen LogP contribution in [0.25, 0.3) is 0 Å². The minimum Gasteiger partial charge on any atom is -0.450 e. The number of carbonyl (C=O) groups is 1. The summed E-state index contributed by atoms with van der Waals surface area (Å²) in [5.41, 5.74) is 2.30. The second-order valence-corrected chi connectivity index (χ2v) is 10.2. The predicted molar refractivity (Wildman–Crippen MR) is 116 cm³/mol. The number of anilines is 1. The van der Waals surface area contributed by atoms with Gasteiger partial charge in [0.15, 0.2) is 5.60 Å². The van der Waals surface area contributed by atoms with Gasteiger partial charge in [-0.3, -0.25) is 9.80 Å². The van der Waals surface area contributed by atoms with Crippen LogP contribution >= 0.6 is 15.9 Å². The quantitative estimate of drug-likeness (QED) is 0.637. The molecule has 4 atom stereocenters. The molecule has 0 amide bonds. The van der Waals surface area contributed by atoms with Crippen molar-refractivity contribution in [2.24, 2.45) is 0 Å². The first-order valence-corrected chi connectivity index (χ1v) is 11.9. The molecule has 4 fully saturated rings. The highest BCUT2D eigenvalue weighted by atomic mass is 79.9. The lowest BCUT2D eigenvalue weighted by Crippen LogP contribution is -2.57. The monoisotopic (exact) mass is 457 g/mol. The maximum atomic E-state index is 12.2. The van der Waals surface area contributed by atoms with E-state index < -0.39 is 0 Å². The molecule has 5 nitrogen and oxygen atoms in total. The van der Waals surface area contributed by atoms with Gasteiger partial charge in [-0.25, -0.2) is 4.79 Å². The van der Waals surface area contributed by atoms with E-state index in [1.807, 2.05) is 6.08 Å². The van der Waals surface area contributed by atoms with Crippen LogP contribution in [0.15, 0.2) is 40.4 Å². The normalized spacial score (nSPS) is 37.1. The molecule has 4 heterocycles. The highest BCUT2D eigenvalue weighted by Crippen LogP contribution is 2.54. The van der Waals surface area contributed by atoms with Crippen molar-refractivity contribution in [3.8, 4) is 0 Å². The molecule has 4 aliphatic heterocycles. The summed E-state index contributed by atoms with van der Waals surface area (Å²) in [5, 5.41) is 0. The number of piperazine rings is 1. The van der Waals surface area contributed by atoms with Crippen LogP contribution in [0.1, 0.15) is 32.1 Å². The Kier molecular flexibility index (Phi) is 4.33. The first kappa shape index (κ1) is 18.4. The van der Waals surface area contributed by atoms with Gasteiger partial charge in [-0.15, -0.1) is 0 Å². The molecule has 0 aromatic heterocycles. The maximum Gasteiger partial charge on any atom is 0.331 e. The third kappa shape index (κ3) is 2.82. The topological polar surface area (TPSA) is 36.0 Å². The van der Waals surface area contributed by atoms with Gasteiger partial charge >= 0.3 is 5.97 Å². The number of nitrogens with zero attached hydrogens (tertiary/aromatic N) is 3. The third-order valence-electron chi connectivity index (χ3n) is 7.99. The molecule has 1 spiro atoms. The zero-order chi connectivity index (χ0) is 19.6. The van der Waals surface area contributed by atoms with E-state index in [0.717, 1.165) is 50.0 Å². The van der Waals surface area contributed by atoms with Crippen LogP contribution in [0.2, 0.25) is 0 Å². The van der Waals surface area contributed by atoms with Crippen molar-refractivity contribution in [2.45, 2.75) is 55.8 Å². The number of hydrogen-bond acceptors (Lipinski definition) is 5.